The van der Waals surface area contributed by atoms with Crippen molar-refractivity contribution in [1.82, 2.24) is 10.2 Å². The minimum absolute atomic E-state index is 0.0132. The summed E-state index contributed by atoms with van der Waals surface area (Å²) in [5.74, 6) is -0.981. The number of anilines is 1. The Hall–Kier alpha value is -3.85. The van der Waals surface area contributed by atoms with Gasteiger partial charge in [0.2, 0.25) is 11.8 Å². The number of carbonyl (C=O) groups excluding carboxylic acids is 2. The fourth-order valence-corrected chi connectivity index (χ4v) is 6.31. The molecule has 4 aromatic rings. The molecule has 4 aromatic carbocycles. The molecule has 4 rings (SSSR count). The van der Waals surface area contributed by atoms with Gasteiger partial charge >= 0.3 is 0 Å². The number of nitrogens with zero attached hydrogens (tertiary/aromatic N) is 2. The summed E-state index contributed by atoms with van der Waals surface area (Å²) in [6.45, 7) is 1.21. The van der Waals surface area contributed by atoms with E-state index in [2.05, 4.69) is 5.32 Å². The van der Waals surface area contributed by atoms with Crippen molar-refractivity contribution in [3.63, 3.8) is 0 Å². The molecule has 0 spiro atoms. The molecular formula is C32H31Cl2N3O4S. The highest BCUT2D eigenvalue weighted by Gasteiger charge is 2.34. The monoisotopic (exact) mass is 623 g/mol. The number of halogens is 2. The largest absolute Gasteiger partial charge is 0.357 e. The van der Waals surface area contributed by atoms with Crippen LogP contribution in [0.1, 0.15) is 16.7 Å². The van der Waals surface area contributed by atoms with E-state index < -0.39 is 34.4 Å². The zero-order valence-corrected chi connectivity index (χ0v) is 25.5. The Kier molecular flexibility index (Phi) is 10.3. The van der Waals surface area contributed by atoms with Crippen LogP contribution >= 0.6 is 23.2 Å². The fraction of sp³-hybridized carbons (Fsp3) is 0.188. The lowest BCUT2D eigenvalue weighted by Crippen LogP contribution is -2.53. The lowest BCUT2D eigenvalue weighted by Gasteiger charge is -2.33. The quantitative estimate of drug-likeness (QED) is 0.226. The molecule has 0 saturated carbocycles. The first-order valence-corrected chi connectivity index (χ1v) is 15.4. The number of benzene rings is 4. The van der Waals surface area contributed by atoms with Gasteiger partial charge in [0.25, 0.3) is 10.0 Å². The molecule has 0 aliphatic rings. The molecule has 0 aliphatic carbocycles. The second-order valence-electron chi connectivity index (χ2n) is 9.69. The van der Waals surface area contributed by atoms with Crippen molar-refractivity contribution in [2.24, 2.45) is 0 Å². The minimum Gasteiger partial charge on any atom is -0.357 e. The molecule has 0 radical (unpaired) electrons. The van der Waals surface area contributed by atoms with Crippen molar-refractivity contribution >= 4 is 50.7 Å². The van der Waals surface area contributed by atoms with E-state index in [0.29, 0.717) is 15.6 Å². The summed E-state index contributed by atoms with van der Waals surface area (Å²) in [5.41, 5.74) is 2.43. The van der Waals surface area contributed by atoms with Gasteiger partial charge in [-0.3, -0.25) is 13.9 Å². The summed E-state index contributed by atoms with van der Waals surface area (Å²) in [6.07, 6.45) is 0.207. The lowest BCUT2D eigenvalue weighted by molar-refractivity contribution is -0.139. The standard InChI is InChI=1S/C32H31Cl2N3O4S/c1-23-17-18-26(20-29(23)34)37(42(40,41)27-14-7-4-8-15-27)22-31(38)36(21-25-13-9-10-16-28(25)33)30(32(39)35-2)19-24-11-5-3-6-12-24/h3-18,20,30H,19,21-22H2,1-2H3,(H,35,39). The van der Waals surface area contributed by atoms with Gasteiger partial charge in [-0.15, -0.1) is 0 Å². The summed E-state index contributed by atoms with van der Waals surface area (Å²) < 4.78 is 29.0. The number of amides is 2. The van der Waals surface area contributed by atoms with Crippen LogP contribution in [0.3, 0.4) is 0 Å². The molecular weight excluding hydrogens is 593 g/mol. The van der Waals surface area contributed by atoms with E-state index in [1.54, 1.807) is 61.5 Å². The Balaban J connectivity index is 1.81. The number of sulfonamides is 1. The van der Waals surface area contributed by atoms with Crippen LogP contribution in [0.2, 0.25) is 10.0 Å². The van der Waals surface area contributed by atoms with E-state index in [-0.39, 0.29) is 23.5 Å². The minimum atomic E-state index is -4.20. The fourth-order valence-electron chi connectivity index (χ4n) is 4.52. The zero-order valence-electron chi connectivity index (χ0n) is 23.2. The summed E-state index contributed by atoms with van der Waals surface area (Å²) in [5, 5.41) is 3.44. The maximum absolute atomic E-state index is 14.3. The first-order valence-electron chi connectivity index (χ1n) is 13.2. The van der Waals surface area contributed by atoms with Crippen molar-refractivity contribution in [3.8, 4) is 0 Å². The van der Waals surface area contributed by atoms with E-state index in [0.717, 1.165) is 15.4 Å². The third kappa shape index (κ3) is 7.31. The van der Waals surface area contributed by atoms with Crippen LogP contribution in [-0.2, 0) is 32.6 Å². The topological polar surface area (TPSA) is 86.8 Å². The molecule has 7 nitrogen and oxygen atoms in total. The van der Waals surface area contributed by atoms with Gasteiger partial charge in [0.15, 0.2) is 0 Å². The number of rotatable bonds is 11. The molecule has 0 aliphatic heterocycles. The maximum atomic E-state index is 14.3. The molecule has 1 N–H and O–H groups in total. The van der Waals surface area contributed by atoms with E-state index in [9.17, 15) is 18.0 Å². The summed E-state index contributed by atoms with van der Waals surface area (Å²) >= 11 is 12.9. The van der Waals surface area contributed by atoms with Crippen LogP contribution < -0.4 is 9.62 Å². The Labute approximate surface area is 256 Å². The van der Waals surface area contributed by atoms with Gasteiger partial charge in [-0.2, -0.15) is 0 Å². The average Bonchev–Trinajstić information content (AvgIpc) is 3.00. The molecule has 218 valence electrons. The van der Waals surface area contributed by atoms with E-state index in [4.69, 9.17) is 23.2 Å². The van der Waals surface area contributed by atoms with Crippen molar-refractivity contribution in [1.29, 1.82) is 0 Å². The molecule has 0 saturated heterocycles. The van der Waals surface area contributed by atoms with Gasteiger partial charge in [0.1, 0.15) is 12.6 Å². The zero-order chi connectivity index (χ0) is 30.3. The normalized spacial score (nSPS) is 11.9. The van der Waals surface area contributed by atoms with E-state index in [1.807, 2.05) is 30.3 Å². The van der Waals surface area contributed by atoms with Crippen LogP contribution in [0.25, 0.3) is 0 Å². The second kappa shape index (κ2) is 13.9. The van der Waals surface area contributed by atoms with Crippen molar-refractivity contribution in [3.05, 3.63) is 130 Å². The van der Waals surface area contributed by atoms with Gasteiger partial charge in [0, 0.05) is 30.1 Å². The highest BCUT2D eigenvalue weighted by atomic mass is 35.5. The van der Waals surface area contributed by atoms with Crippen molar-refractivity contribution < 1.29 is 18.0 Å². The summed E-state index contributed by atoms with van der Waals surface area (Å²) in [7, 11) is -2.70. The van der Waals surface area contributed by atoms with Gasteiger partial charge in [-0.25, -0.2) is 8.42 Å². The van der Waals surface area contributed by atoms with E-state index in [1.165, 1.54) is 30.1 Å². The number of likely N-dealkylation sites (N-methyl/N-ethyl adjacent to an activating group) is 1. The van der Waals surface area contributed by atoms with Gasteiger partial charge in [-0.05, 0) is 53.9 Å². The third-order valence-corrected chi connectivity index (χ3v) is 9.43. The second-order valence-corrected chi connectivity index (χ2v) is 12.4. The van der Waals surface area contributed by atoms with Crippen LogP contribution in [0.5, 0.6) is 0 Å². The van der Waals surface area contributed by atoms with Crippen LogP contribution in [0.4, 0.5) is 5.69 Å². The van der Waals surface area contributed by atoms with Gasteiger partial charge < -0.3 is 10.2 Å². The SMILES string of the molecule is CNC(=O)C(Cc1ccccc1)N(Cc1ccccc1Cl)C(=O)CN(c1ccc(C)c(Cl)c1)S(=O)(=O)c1ccccc1. The molecule has 1 unspecified atom stereocenters. The third-order valence-electron chi connectivity index (χ3n) is 6.87. The van der Waals surface area contributed by atoms with Crippen molar-refractivity contribution in [2.75, 3.05) is 17.9 Å². The Morgan fingerprint density at radius 1 is 0.833 bits per heavy atom. The first kappa shape index (κ1) is 31.1. The number of nitrogens with one attached hydrogen (secondary N) is 1. The number of carbonyl (C=O) groups is 2. The van der Waals surface area contributed by atoms with E-state index >= 15 is 0 Å². The molecule has 0 aromatic heterocycles. The first-order chi connectivity index (χ1) is 20.1. The molecule has 1 atom stereocenters. The predicted octanol–water partition coefficient (Wildman–Crippen LogP) is 5.88. The molecule has 2 amide bonds. The smallest absolute Gasteiger partial charge is 0.264 e. The molecule has 0 bridgehead atoms. The number of hydrogen-bond acceptors (Lipinski definition) is 4. The number of aryl methyl sites for hydroxylation is 1. The maximum Gasteiger partial charge on any atom is 0.264 e. The summed E-state index contributed by atoms with van der Waals surface area (Å²) in [6, 6.07) is 28.1. The van der Waals surface area contributed by atoms with Crippen LogP contribution in [0, 0.1) is 6.92 Å². The van der Waals surface area contributed by atoms with Crippen LogP contribution in [0.15, 0.2) is 108 Å². The molecule has 0 fully saturated rings. The number of hydrogen-bond donors (Lipinski definition) is 1. The molecule has 10 heteroatoms. The van der Waals surface area contributed by atoms with Crippen LogP contribution in [-0.4, -0.2) is 44.8 Å². The highest BCUT2D eigenvalue weighted by Crippen LogP contribution is 2.29. The summed E-state index contributed by atoms with van der Waals surface area (Å²) in [4.78, 5) is 29.0. The lowest BCUT2D eigenvalue weighted by atomic mass is 10.0. The Morgan fingerprint density at radius 2 is 1.45 bits per heavy atom. The molecule has 0 heterocycles. The average molecular weight is 625 g/mol. The molecule has 42 heavy (non-hydrogen) atoms. The van der Waals surface area contributed by atoms with Gasteiger partial charge in [-0.1, -0.05) is 96.0 Å². The Bertz CT molecular complexity index is 1650. The van der Waals surface area contributed by atoms with Gasteiger partial charge in [0.05, 0.1) is 10.6 Å². The Morgan fingerprint density at radius 3 is 2.07 bits per heavy atom. The van der Waals surface area contributed by atoms with Crippen molar-refractivity contribution in [2.45, 2.75) is 30.8 Å². The highest BCUT2D eigenvalue weighted by molar-refractivity contribution is 7.92. The predicted molar refractivity (Wildman–Crippen MR) is 167 cm³/mol.